The fraction of sp³-hybridized carbons (Fsp3) is 0.429. The fourth-order valence-electron chi connectivity index (χ4n) is 2.22. The first-order valence-electron chi connectivity index (χ1n) is 6.56. The summed E-state index contributed by atoms with van der Waals surface area (Å²) in [5.74, 6) is 0.00498. The van der Waals surface area contributed by atoms with E-state index in [0.717, 1.165) is 10.6 Å². The second kappa shape index (κ2) is 5.63. The normalized spacial score (nSPS) is 23.0. The van der Waals surface area contributed by atoms with Crippen LogP contribution in [0.3, 0.4) is 0 Å². The van der Waals surface area contributed by atoms with Gasteiger partial charge in [0.25, 0.3) is 5.91 Å². The van der Waals surface area contributed by atoms with Gasteiger partial charge in [-0.2, -0.15) is 11.3 Å². The Morgan fingerprint density at radius 1 is 1.45 bits per heavy atom. The summed E-state index contributed by atoms with van der Waals surface area (Å²) in [5, 5.41) is 6.82. The quantitative estimate of drug-likeness (QED) is 0.856. The van der Waals surface area contributed by atoms with Crippen molar-refractivity contribution in [2.75, 3.05) is 13.2 Å². The first kappa shape index (κ1) is 13.7. The van der Waals surface area contributed by atoms with Crippen LogP contribution in [0.1, 0.15) is 24.3 Å². The molecule has 2 atom stereocenters. The van der Waals surface area contributed by atoms with E-state index in [1.807, 2.05) is 41.0 Å². The minimum Gasteiger partial charge on any atom is -0.375 e. The van der Waals surface area contributed by atoms with Crippen LogP contribution < -0.4 is 0 Å². The van der Waals surface area contributed by atoms with Crippen molar-refractivity contribution in [2.24, 2.45) is 0 Å². The van der Waals surface area contributed by atoms with Crippen LogP contribution in [0.4, 0.5) is 0 Å². The summed E-state index contributed by atoms with van der Waals surface area (Å²) in [5.41, 5.74) is 1.62. The van der Waals surface area contributed by atoms with Gasteiger partial charge in [-0.15, -0.1) is 11.3 Å². The molecule has 0 N–H and O–H groups in total. The average molecular weight is 308 g/mol. The van der Waals surface area contributed by atoms with Crippen molar-refractivity contribution in [2.45, 2.75) is 26.0 Å². The Balaban J connectivity index is 1.80. The monoisotopic (exact) mass is 308 g/mol. The van der Waals surface area contributed by atoms with Crippen LogP contribution in [-0.4, -0.2) is 41.1 Å². The van der Waals surface area contributed by atoms with E-state index in [2.05, 4.69) is 4.98 Å². The van der Waals surface area contributed by atoms with Crippen molar-refractivity contribution in [1.82, 2.24) is 9.88 Å². The smallest absolute Gasteiger partial charge is 0.273 e. The van der Waals surface area contributed by atoms with Gasteiger partial charge in [0.1, 0.15) is 10.7 Å². The van der Waals surface area contributed by atoms with Gasteiger partial charge in [-0.1, -0.05) is 0 Å². The van der Waals surface area contributed by atoms with E-state index >= 15 is 0 Å². The number of thiazole rings is 1. The highest BCUT2D eigenvalue weighted by Gasteiger charge is 2.29. The number of rotatable bonds is 2. The highest BCUT2D eigenvalue weighted by molar-refractivity contribution is 7.14. The lowest BCUT2D eigenvalue weighted by Crippen LogP contribution is -2.50. The molecule has 4 nitrogen and oxygen atoms in total. The lowest BCUT2D eigenvalue weighted by molar-refractivity contribution is -0.0388. The molecule has 1 saturated heterocycles. The van der Waals surface area contributed by atoms with Crippen LogP contribution in [0.2, 0.25) is 0 Å². The van der Waals surface area contributed by atoms with Crippen molar-refractivity contribution < 1.29 is 9.53 Å². The van der Waals surface area contributed by atoms with Crippen molar-refractivity contribution in [3.05, 3.63) is 27.9 Å². The van der Waals surface area contributed by atoms with E-state index in [1.54, 1.807) is 11.3 Å². The molecule has 0 bridgehead atoms. The number of thiophene rings is 1. The maximum Gasteiger partial charge on any atom is 0.273 e. The van der Waals surface area contributed by atoms with E-state index in [9.17, 15) is 4.79 Å². The van der Waals surface area contributed by atoms with Gasteiger partial charge < -0.3 is 9.64 Å². The molecule has 6 heteroatoms. The molecule has 2 aromatic rings. The predicted octanol–water partition coefficient (Wildman–Crippen LogP) is 3.12. The molecule has 2 aromatic heterocycles. The van der Waals surface area contributed by atoms with Gasteiger partial charge in [-0.25, -0.2) is 4.98 Å². The minimum absolute atomic E-state index is 0.00498. The van der Waals surface area contributed by atoms with Crippen molar-refractivity contribution in [3.63, 3.8) is 0 Å². The zero-order valence-electron chi connectivity index (χ0n) is 11.4. The molecule has 106 valence electrons. The summed E-state index contributed by atoms with van der Waals surface area (Å²) in [6, 6.07) is 2.13. The van der Waals surface area contributed by atoms with Gasteiger partial charge in [0.2, 0.25) is 0 Å². The van der Waals surface area contributed by atoms with E-state index < -0.39 is 0 Å². The van der Waals surface area contributed by atoms with E-state index in [-0.39, 0.29) is 18.1 Å². The van der Waals surface area contributed by atoms with Crippen LogP contribution in [0.5, 0.6) is 0 Å². The third kappa shape index (κ3) is 2.63. The molecule has 1 amide bonds. The van der Waals surface area contributed by atoms with E-state index in [1.165, 1.54) is 11.3 Å². The highest BCUT2D eigenvalue weighted by Crippen LogP contribution is 2.26. The van der Waals surface area contributed by atoms with Crippen LogP contribution in [0, 0.1) is 0 Å². The molecule has 20 heavy (non-hydrogen) atoms. The molecule has 1 fully saturated rings. The van der Waals surface area contributed by atoms with Gasteiger partial charge in [0.05, 0.1) is 18.8 Å². The number of carbonyl (C=O) groups excluding carboxylic acids is 1. The summed E-state index contributed by atoms with van der Waals surface area (Å²) in [6.07, 6.45) is 0.0881. The first-order chi connectivity index (χ1) is 9.65. The SMILES string of the molecule is C[C@H]1CN(C(=O)c2csc(-c3ccsc3)n2)[C@@H](C)CO1. The topological polar surface area (TPSA) is 42.4 Å². The lowest BCUT2D eigenvalue weighted by Gasteiger charge is -2.36. The molecule has 0 aromatic carbocycles. The Bertz CT molecular complexity index is 594. The first-order valence-corrected chi connectivity index (χ1v) is 8.38. The summed E-state index contributed by atoms with van der Waals surface area (Å²) in [6.45, 7) is 5.22. The number of hydrogen-bond acceptors (Lipinski definition) is 5. The second-order valence-electron chi connectivity index (χ2n) is 5.00. The summed E-state index contributed by atoms with van der Waals surface area (Å²) < 4.78 is 5.56. The van der Waals surface area contributed by atoms with Gasteiger partial charge in [-0.3, -0.25) is 4.79 Å². The molecule has 0 radical (unpaired) electrons. The van der Waals surface area contributed by atoms with Gasteiger partial charge in [-0.05, 0) is 25.3 Å². The molecule has 1 aliphatic heterocycles. The largest absolute Gasteiger partial charge is 0.375 e. The highest BCUT2D eigenvalue weighted by atomic mass is 32.1. The minimum atomic E-state index is 0.00498. The second-order valence-corrected chi connectivity index (χ2v) is 6.64. The predicted molar refractivity (Wildman–Crippen MR) is 81.3 cm³/mol. The Kier molecular flexibility index (Phi) is 3.87. The Labute approximate surface area is 126 Å². The number of nitrogens with zero attached hydrogens (tertiary/aromatic N) is 2. The maximum absolute atomic E-state index is 12.6. The van der Waals surface area contributed by atoms with Crippen LogP contribution in [-0.2, 0) is 4.74 Å². The summed E-state index contributed by atoms with van der Waals surface area (Å²) >= 11 is 3.15. The maximum atomic E-state index is 12.6. The standard InChI is InChI=1S/C14H16N2O2S2/c1-9-6-18-10(2)5-16(9)14(17)12-8-20-13(15-12)11-3-4-19-7-11/h3-4,7-10H,5-6H2,1-2H3/t9-,10-/m0/s1. The van der Waals surface area contributed by atoms with Crippen molar-refractivity contribution in [3.8, 4) is 10.6 Å². The van der Waals surface area contributed by atoms with Crippen LogP contribution >= 0.6 is 22.7 Å². The zero-order valence-corrected chi connectivity index (χ0v) is 13.0. The molecule has 3 rings (SSSR count). The van der Waals surface area contributed by atoms with E-state index in [0.29, 0.717) is 18.8 Å². The van der Waals surface area contributed by atoms with Crippen LogP contribution in [0.25, 0.3) is 10.6 Å². The third-order valence-electron chi connectivity index (χ3n) is 3.36. The Morgan fingerprint density at radius 2 is 2.30 bits per heavy atom. The Morgan fingerprint density at radius 3 is 3.05 bits per heavy atom. The number of morpholine rings is 1. The van der Waals surface area contributed by atoms with Gasteiger partial charge >= 0.3 is 0 Å². The number of hydrogen-bond donors (Lipinski definition) is 0. The zero-order chi connectivity index (χ0) is 14.1. The van der Waals surface area contributed by atoms with Crippen molar-refractivity contribution in [1.29, 1.82) is 0 Å². The molecule has 1 aliphatic rings. The molecular weight excluding hydrogens is 292 g/mol. The van der Waals surface area contributed by atoms with E-state index in [4.69, 9.17) is 4.74 Å². The summed E-state index contributed by atoms with van der Waals surface area (Å²) in [4.78, 5) is 18.9. The average Bonchev–Trinajstić information content (AvgIpc) is 3.10. The third-order valence-corrected chi connectivity index (χ3v) is 4.93. The van der Waals surface area contributed by atoms with Crippen LogP contribution in [0.15, 0.2) is 22.2 Å². The number of ether oxygens (including phenoxy) is 1. The molecule has 0 saturated carbocycles. The molecule has 0 unspecified atom stereocenters. The number of aromatic nitrogens is 1. The lowest BCUT2D eigenvalue weighted by atomic mass is 10.2. The number of carbonyl (C=O) groups is 1. The Hall–Kier alpha value is -1.24. The van der Waals surface area contributed by atoms with Crippen molar-refractivity contribution >= 4 is 28.6 Å². The summed E-state index contributed by atoms with van der Waals surface area (Å²) in [7, 11) is 0. The fourth-order valence-corrected chi connectivity index (χ4v) is 3.73. The van der Waals surface area contributed by atoms with Gasteiger partial charge in [0.15, 0.2) is 0 Å². The molecule has 0 spiro atoms. The van der Waals surface area contributed by atoms with Gasteiger partial charge in [0, 0.05) is 22.9 Å². The number of amides is 1. The molecule has 0 aliphatic carbocycles. The molecule has 3 heterocycles. The molecular formula is C14H16N2O2S2.